The van der Waals surface area contributed by atoms with E-state index in [0.717, 1.165) is 32.8 Å². The van der Waals surface area contributed by atoms with E-state index in [1.54, 1.807) is 0 Å². The lowest BCUT2D eigenvalue weighted by molar-refractivity contribution is 0.0215. The Hall–Kier alpha value is -0.910. The van der Waals surface area contributed by atoms with E-state index in [9.17, 15) is 0 Å². The lowest BCUT2D eigenvalue weighted by Gasteiger charge is -2.31. The molecule has 1 unspecified atom stereocenters. The minimum Gasteiger partial charge on any atom is -0.369 e. The number of aromatic nitrogens is 2. The topological polar surface area (TPSA) is 42.3 Å². The van der Waals surface area contributed by atoms with Gasteiger partial charge >= 0.3 is 0 Å². The zero-order valence-electron chi connectivity index (χ0n) is 12.5. The normalized spacial score (nSPS) is 21.0. The Labute approximate surface area is 116 Å². The van der Waals surface area contributed by atoms with Crippen molar-refractivity contribution in [2.75, 3.05) is 40.3 Å². The van der Waals surface area contributed by atoms with Gasteiger partial charge in [0.1, 0.15) is 6.10 Å². The number of ether oxygens (including phenoxy) is 1. The van der Waals surface area contributed by atoms with Crippen molar-refractivity contribution in [3.05, 3.63) is 18.2 Å². The third kappa shape index (κ3) is 4.03. The molecule has 19 heavy (non-hydrogen) atoms. The minimum atomic E-state index is 0.131. The second-order valence-corrected chi connectivity index (χ2v) is 6.41. The van der Waals surface area contributed by atoms with Crippen molar-refractivity contribution in [2.45, 2.75) is 26.5 Å². The quantitative estimate of drug-likeness (QED) is 0.867. The lowest BCUT2D eigenvalue weighted by Crippen LogP contribution is -2.36. The molecule has 5 heteroatoms. The van der Waals surface area contributed by atoms with Gasteiger partial charge in [0.05, 0.1) is 24.8 Å². The number of hydrogen-bond donors (Lipinski definition) is 1. The van der Waals surface area contributed by atoms with Crippen LogP contribution in [-0.2, 0) is 11.3 Å². The molecular formula is C14H26N4O. The molecule has 108 valence electrons. The summed E-state index contributed by atoms with van der Waals surface area (Å²) in [5.41, 5.74) is 1.39. The summed E-state index contributed by atoms with van der Waals surface area (Å²) in [5.74, 6) is 0. The molecule has 1 N–H and O–H groups in total. The number of morpholine rings is 1. The molecule has 1 saturated heterocycles. The first-order chi connectivity index (χ1) is 8.98. The molecular weight excluding hydrogens is 240 g/mol. The number of nitrogens with zero attached hydrogens (tertiary/aromatic N) is 3. The summed E-state index contributed by atoms with van der Waals surface area (Å²) >= 11 is 0. The molecule has 0 amide bonds. The van der Waals surface area contributed by atoms with Gasteiger partial charge in [-0.25, -0.2) is 4.98 Å². The van der Waals surface area contributed by atoms with Crippen LogP contribution in [0.2, 0.25) is 0 Å². The number of rotatable bonds is 5. The van der Waals surface area contributed by atoms with Crippen molar-refractivity contribution < 1.29 is 4.74 Å². The number of hydrogen-bond acceptors (Lipinski definition) is 4. The Balaban J connectivity index is 2.06. The van der Waals surface area contributed by atoms with Crippen LogP contribution in [0.3, 0.4) is 0 Å². The van der Waals surface area contributed by atoms with Crippen LogP contribution >= 0.6 is 0 Å². The molecule has 1 fully saturated rings. The third-order valence-electron chi connectivity index (χ3n) is 3.34. The van der Waals surface area contributed by atoms with Gasteiger partial charge in [0.2, 0.25) is 0 Å². The first-order valence-corrected chi connectivity index (χ1v) is 6.95. The summed E-state index contributed by atoms with van der Waals surface area (Å²) in [6.45, 7) is 9.18. The monoisotopic (exact) mass is 266 g/mol. The third-order valence-corrected chi connectivity index (χ3v) is 3.34. The average molecular weight is 266 g/mol. The predicted octanol–water partition coefficient (Wildman–Crippen LogP) is 1.13. The van der Waals surface area contributed by atoms with Gasteiger partial charge in [-0.05, 0) is 19.5 Å². The molecule has 1 aliphatic heterocycles. The van der Waals surface area contributed by atoms with Crippen molar-refractivity contribution in [2.24, 2.45) is 5.41 Å². The first-order valence-electron chi connectivity index (χ1n) is 6.95. The van der Waals surface area contributed by atoms with Crippen LogP contribution in [0.5, 0.6) is 0 Å². The van der Waals surface area contributed by atoms with Crippen molar-refractivity contribution >= 4 is 0 Å². The molecule has 2 rings (SSSR count). The van der Waals surface area contributed by atoms with Crippen molar-refractivity contribution in [1.29, 1.82) is 0 Å². The van der Waals surface area contributed by atoms with Crippen LogP contribution in [0.1, 0.15) is 25.6 Å². The fraction of sp³-hybridized carbons (Fsp3) is 0.786. The average Bonchev–Trinajstić information content (AvgIpc) is 2.75. The van der Waals surface area contributed by atoms with Gasteiger partial charge in [0, 0.05) is 26.2 Å². The highest BCUT2D eigenvalue weighted by Gasteiger charge is 2.24. The summed E-state index contributed by atoms with van der Waals surface area (Å²) in [4.78, 5) is 6.53. The molecule has 0 bridgehead atoms. The van der Waals surface area contributed by atoms with Crippen LogP contribution in [0.4, 0.5) is 0 Å². The van der Waals surface area contributed by atoms with Gasteiger partial charge in [-0.3, -0.25) is 0 Å². The smallest absolute Gasteiger partial charge is 0.111 e. The van der Waals surface area contributed by atoms with Crippen LogP contribution in [-0.4, -0.2) is 54.8 Å². The van der Waals surface area contributed by atoms with Crippen molar-refractivity contribution in [3.63, 3.8) is 0 Å². The second-order valence-electron chi connectivity index (χ2n) is 6.41. The number of nitrogens with one attached hydrogen (secondary N) is 1. The maximum Gasteiger partial charge on any atom is 0.111 e. The van der Waals surface area contributed by atoms with Crippen LogP contribution in [0.15, 0.2) is 12.5 Å². The molecule has 0 aromatic carbocycles. The van der Waals surface area contributed by atoms with E-state index < -0.39 is 0 Å². The number of imidazole rings is 1. The maximum absolute atomic E-state index is 5.82. The summed E-state index contributed by atoms with van der Waals surface area (Å²) < 4.78 is 8.06. The zero-order valence-corrected chi connectivity index (χ0v) is 12.5. The predicted molar refractivity (Wildman–Crippen MR) is 76.1 cm³/mol. The SMILES string of the molecule is CN(C)CC(C)(C)Cn1cncc1C1CNCCO1. The highest BCUT2D eigenvalue weighted by molar-refractivity contribution is 5.05. The van der Waals surface area contributed by atoms with E-state index in [-0.39, 0.29) is 11.5 Å². The summed E-state index contributed by atoms with van der Waals surface area (Å²) in [6.07, 6.45) is 3.99. The lowest BCUT2D eigenvalue weighted by atomic mass is 9.92. The molecule has 1 aromatic rings. The molecule has 1 atom stereocenters. The molecule has 0 radical (unpaired) electrons. The van der Waals surface area contributed by atoms with Gasteiger partial charge in [-0.2, -0.15) is 0 Å². The van der Waals surface area contributed by atoms with Crippen LogP contribution in [0.25, 0.3) is 0 Å². The highest BCUT2D eigenvalue weighted by Crippen LogP contribution is 2.24. The Morgan fingerprint density at radius 3 is 2.95 bits per heavy atom. The summed E-state index contributed by atoms with van der Waals surface area (Å²) in [7, 11) is 4.23. The van der Waals surface area contributed by atoms with Crippen LogP contribution < -0.4 is 5.32 Å². The van der Waals surface area contributed by atoms with Gasteiger partial charge in [0.15, 0.2) is 0 Å². The Morgan fingerprint density at radius 1 is 1.53 bits per heavy atom. The second kappa shape index (κ2) is 6.03. The van der Waals surface area contributed by atoms with E-state index in [4.69, 9.17) is 4.74 Å². The van der Waals surface area contributed by atoms with Gasteiger partial charge in [-0.15, -0.1) is 0 Å². The zero-order chi connectivity index (χ0) is 13.9. The van der Waals surface area contributed by atoms with Gasteiger partial charge in [-0.1, -0.05) is 13.8 Å². The maximum atomic E-state index is 5.82. The fourth-order valence-electron chi connectivity index (χ4n) is 2.85. The van der Waals surface area contributed by atoms with Gasteiger partial charge in [0.25, 0.3) is 0 Å². The summed E-state index contributed by atoms with van der Waals surface area (Å²) in [6, 6.07) is 0. The molecule has 5 nitrogen and oxygen atoms in total. The van der Waals surface area contributed by atoms with E-state index in [0.29, 0.717) is 0 Å². The molecule has 0 aliphatic carbocycles. The Bertz CT molecular complexity index is 394. The van der Waals surface area contributed by atoms with Gasteiger partial charge < -0.3 is 19.5 Å². The van der Waals surface area contributed by atoms with E-state index in [2.05, 4.69) is 47.7 Å². The van der Waals surface area contributed by atoms with Crippen LogP contribution in [0, 0.1) is 5.41 Å². The van der Waals surface area contributed by atoms with E-state index in [1.165, 1.54) is 5.69 Å². The van der Waals surface area contributed by atoms with E-state index >= 15 is 0 Å². The minimum absolute atomic E-state index is 0.131. The largest absolute Gasteiger partial charge is 0.369 e. The van der Waals surface area contributed by atoms with Crippen molar-refractivity contribution in [1.82, 2.24) is 19.8 Å². The molecule has 2 heterocycles. The molecule has 1 aliphatic rings. The van der Waals surface area contributed by atoms with E-state index in [1.807, 2.05) is 12.5 Å². The molecule has 0 saturated carbocycles. The van der Waals surface area contributed by atoms with Crippen molar-refractivity contribution in [3.8, 4) is 0 Å². The molecule has 0 spiro atoms. The fourth-order valence-corrected chi connectivity index (χ4v) is 2.85. The molecule has 1 aromatic heterocycles. The highest BCUT2D eigenvalue weighted by atomic mass is 16.5. The standard InChI is InChI=1S/C14H26N4O/c1-14(2,9-17(3)4)10-18-11-16-7-12(18)13-8-15-5-6-19-13/h7,11,13,15H,5-6,8-10H2,1-4H3. The first kappa shape index (κ1) is 14.5. The summed E-state index contributed by atoms with van der Waals surface area (Å²) in [5, 5.41) is 3.37. The Morgan fingerprint density at radius 2 is 2.32 bits per heavy atom. The Kier molecular flexibility index (Phi) is 4.60.